The van der Waals surface area contributed by atoms with E-state index in [1.807, 2.05) is 19.9 Å². The van der Waals surface area contributed by atoms with Gasteiger partial charge >= 0.3 is 0 Å². The molecule has 0 saturated carbocycles. The van der Waals surface area contributed by atoms with Crippen LogP contribution in [0.1, 0.15) is 38.7 Å². The third-order valence-electron chi connectivity index (χ3n) is 5.81. The van der Waals surface area contributed by atoms with E-state index < -0.39 is 28.5 Å². The highest BCUT2D eigenvalue weighted by atomic mass is 35.5. The highest BCUT2D eigenvalue weighted by Crippen LogP contribution is 2.30. The summed E-state index contributed by atoms with van der Waals surface area (Å²) in [6.45, 7) is 3.91. The summed E-state index contributed by atoms with van der Waals surface area (Å²) in [5.74, 6) is 0.166. The van der Waals surface area contributed by atoms with E-state index in [1.165, 1.54) is 30.2 Å². The van der Waals surface area contributed by atoms with E-state index in [9.17, 15) is 18.0 Å². The van der Waals surface area contributed by atoms with E-state index >= 15 is 0 Å². The van der Waals surface area contributed by atoms with Crippen LogP contribution in [-0.4, -0.2) is 64.7 Å². The van der Waals surface area contributed by atoms with Crippen LogP contribution in [-0.2, 0) is 26.2 Å². The molecule has 0 radical (unpaired) electrons. The fourth-order valence-electron chi connectivity index (χ4n) is 3.82. The molecule has 0 heterocycles. The van der Waals surface area contributed by atoms with E-state index in [1.54, 1.807) is 25.3 Å². The van der Waals surface area contributed by atoms with Crippen molar-refractivity contribution >= 4 is 39.1 Å². The lowest BCUT2D eigenvalue weighted by atomic mass is 10.1. The average molecular weight is 554 g/mol. The number of halogens is 1. The Morgan fingerprint density at radius 3 is 2.38 bits per heavy atom. The number of hydrogen-bond donors (Lipinski definition) is 1. The molecule has 0 aliphatic heterocycles. The number of ether oxygens (including phenoxy) is 2. The third-order valence-corrected chi connectivity index (χ3v) is 7.24. The molecule has 0 aromatic heterocycles. The summed E-state index contributed by atoms with van der Waals surface area (Å²) in [7, 11) is -0.877. The zero-order chi connectivity index (χ0) is 27.6. The highest BCUT2D eigenvalue weighted by Gasteiger charge is 2.32. The number of sulfonamides is 1. The first-order chi connectivity index (χ1) is 17.5. The van der Waals surface area contributed by atoms with Gasteiger partial charge in [0.2, 0.25) is 21.8 Å². The quantitative estimate of drug-likeness (QED) is 0.356. The monoisotopic (exact) mass is 553 g/mol. The van der Waals surface area contributed by atoms with Crippen LogP contribution < -0.4 is 19.1 Å². The van der Waals surface area contributed by atoms with Gasteiger partial charge in [0.15, 0.2) is 0 Å². The maximum Gasteiger partial charge on any atom is 0.244 e. The molecule has 11 heteroatoms. The number of hydrogen-bond acceptors (Lipinski definition) is 6. The summed E-state index contributed by atoms with van der Waals surface area (Å²) in [4.78, 5) is 28.2. The van der Waals surface area contributed by atoms with Crippen molar-refractivity contribution < 1.29 is 27.5 Å². The molecule has 2 aromatic rings. The molecule has 204 valence electrons. The average Bonchev–Trinajstić information content (AvgIpc) is 2.86. The summed E-state index contributed by atoms with van der Waals surface area (Å²) >= 11 is 6.23. The number of methoxy groups -OCH3 is 2. The maximum absolute atomic E-state index is 13.7. The molecule has 2 aromatic carbocycles. The van der Waals surface area contributed by atoms with Crippen molar-refractivity contribution in [2.24, 2.45) is 0 Å². The number of unbranched alkanes of at least 4 members (excludes halogenated alkanes) is 1. The number of nitrogens with one attached hydrogen (secondary N) is 1. The first kappa shape index (κ1) is 30.2. The first-order valence-electron chi connectivity index (χ1n) is 12.1. The maximum atomic E-state index is 13.7. The lowest BCUT2D eigenvalue weighted by molar-refractivity contribution is -0.140. The van der Waals surface area contributed by atoms with Crippen LogP contribution >= 0.6 is 11.6 Å². The Hall–Kier alpha value is -2.98. The number of carbonyl (C=O) groups is 2. The van der Waals surface area contributed by atoms with Gasteiger partial charge in [-0.05, 0) is 48.7 Å². The van der Waals surface area contributed by atoms with Gasteiger partial charge in [0.25, 0.3) is 0 Å². The molecule has 1 N–H and O–H groups in total. The van der Waals surface area contributed by atoms with Crippen molar-refractivity contribution in [3.63, 3.8) is 0 Å². The van der Waals surface area contributed by atoms with Crippen molar-refractivity contribution in [1.29, 1.82) is 0 Å². The van der Waals surface area contributed by atoms with Crippen LogP contribution in [0.5, 0.6) is 11.5 Å². The predicted octanol–water partition coefficient (Wildman–Crippen LogP) is 3.85. The van der Waals surface area contributed by atoms with Crippen LogP contribution in [0.3, 0.4) is 0 Å². The molecule has 2 rings (SSSR count). The van der Waals surface area contributed by atoms with Gasteiger partial charge in [0.05, 0.1) is 31.2 Å². The van der Waals surface area contributed by atoms with E-state index in [4.69, 9.17) is 21.1 Å². The molecule has 9 nitrogen and oxygen atoms in total. The highest BCUT2D eigenvalue weighted by molar-refractivity contribution is 7.92. The molecular weight excluding hydrogens is 518 g/mol. The Bertz CT molecular complexity index is 1170. The Kier molecular flexibility index (Phi) is 11.5. The second kappa shape index (κ2) is 14.1. The molecule has 0 saturated heterocycles. The number of rotatable bonds is 14. The number of amides is 2. The molecule has 37 heavy (non-hydrogen) atoms. The molecule has 0 bridgehead atoms. The van der Waals surface area contributed by atoms with Gasteiger partial charge < -0.3 is 19.7 Å². The lowest BCUT2D eigenvalue weighted by Crippen LogP contribution is -2.52. The normalized spacial score (nSPS) is 11.9. The van der Waals surface area contributed by atoms with Gasteiger partial charge in [-0.2, -0.15) is 0 Å². The molecule has 1 atom stereocenters. The second-order valence-electron chi connectivity index (χ2n) is 8.53. The fourth-order valence-corrected chi connectivity index (χ4v) is 4.91. The van der Waals surface area contributed by atoms with Crippen LogP contribution in [0.4, 0.5) is 5.69 Å². The van der Waals surface area contributed by atoms with E-state index in [0.717, 1.165) is 29.0 Å². The van der Waals surface area contributed by atoms with Crippen molar-refractivity contribution in [2.45, 2.75) is 45.7 Å². The molecule has 0 unspecified atom stereocenters. The topological polar surface area (TPSA) is 105 Å². The summed E-state index contributed by atoms with van der Waals surface area (Å²) in [5, 5.41) is 3.10. The first-order valence-corrected chi connectivity index (χ1v) is 14.3. The molecule has 0 spiro atoms. The van der Waals surface area contributed by atoms with Gasteiger partial charge in [-0.15, -0.1) is 0 Å². The van der Waals surface area contributed by atoms with Crippen molar-refractivity contribution in [3.05, 3.63) is 53.1 Å². The van der Waals surface area contributed by atoms with Crippen molar-refractivity contribution in [1.82, 2.24) is 10.2 Å². The van der Waals surface area contributed by atoms with E-state index in [0.29, 0.717) is 24.5 Å². The number of nitrogens with zero attached hydrogens (tertiary/aromatic N) is 2. The molecule has 2 amide bonds. The molecule has 0 fully saturated rings. The lowest BCUT2D eigenvalue weighted by Gasteiger charge is -2.33. The number of carbonyl (C=O) groups excluding carboxylic acids is 2. The predicted molar refractivity (Wildman–Crippen MR) is 146 cm³/mol. The van der Waals surface area contributed by atoms with E-state index in [2.05, 4.69) is 5.32 Å². The minimum absolute atomic E-state index is 0.0940. The van der Waals surface area contributed by atoms with Crippen molar-refractivity contribution in [2.75, 3.05) is 37.9 Å². The Balaban J connectivity index is 2.45. The smallest absolute Gasteiger partial charge is 0.244 e. The van der Waals surface area contributed by atoms with Crippen LogP contribution in [0.15, 0.2) is 42.5 Å². The largest absolute Gasteiger partial charge is 0.497 e. The second-order valence-corrected chi connectivity index (χ2v) is 10.8. The summed E-state index contributed by atoms with van der Waals surface area (Å²) in [6.07, 6.45) is 3.09. The zero-order valence-electron chi connectivity index (χ0n) is 22.0. The Morgan fingerprint density at radius 2 is 1.81 bits per heavy atom. The molecular formula is C26H36ClN3O6S. The Labute approximate surface area is 224 Å². The van der Waals surface area contributed by atoms with Crippen LogP contribution in [0, 0.1) is 0 Å². The zero-order valence-corrected chi connectivity index (χ0v) is 23.6. The number of benzene rings is 2. The van der Waals surface area contributed by atoms with Crippen LogP contribution in [0.25, 0.3) is 0 Å². The summed E-state index contributed by atoms with van der Waals surface area (Å²) in [5.41, 5.74) is 0.953. The summed E-state index contributed by atoms with van der Waals surface area (Å²) < 4.78 is 36.9. The summed E-state index contributed by atoms with van der Waals surface area (Å²) in [6, 6.07) is 10.9. The van der Waals surface area contributed by atoms with Gasteiger partial charge in [-0.25, -0.2) is 8.42 Å². The molecule has 0 aliphatic carbocycles. The van der Waals surface area contributed by atoms with Crippen molar-refractivity contribution in [3.8, 4) is 11.5 Å². The van der Waals surface area contributed by atoms with E-state index in [-0.39, 0.29) is 23.2 Å². The SMILES string of the molecule is CCCCNC(=O)[C@@H](CC)N(Cc1cccc(OC)c1)C(=O)CN(c1ccc(OC)c(Cl)c1)S(C)(=O)=O. The van der Waals surface area contributed by atoms with Gasteiger partial charge in [0.1, 0.15) is 24.1 Å². The van der Waals surface area contributed by atoms with Gasteiger partial charge in [-0.3, -0.25) is 13.9 Å². The standard InChI is InChI=1S/C26H36ClN3O6S/c1-6-8-14-28-26(32)23(7-2)29(17-19-10-9-11-21(15-19)35-3)25(31)18-30(37(5,33)34)20-12-13-24(36-4)22(27)16-20/h9-13,15-16,23H,6-8,14,17-18H2,1-5H3,(H,28,32)/t23-/m1/s1. The third kappa shape index (κ3) is 8.53. The van der Waals surface area contributed by atoms with Crippen LogP contribution in [0.2, 0.25) is 5.02 Å². The fraction of sp³-hybridized carbons (Fsp3) is 0.462. The number of anilines is 1. The van der Waals surface area contributed by atoms with Gasteiger partial charge in [0, 0.05) is 13.1 Å². The molecule has 0 aliphatic rings. The minimum Gasteiger partial charge on any atom is -0.497 e. The minimum atomic E-state index is -3.87. The van der Waals surface area contributed by atoms with Gasteiger partial charge in [-0.1, -0.05) is 44.0 Å². The Morgan fingerprint density at radius 1 is 1.08 bits per heavy atom.